The van der Waals surface area contributed by atoms with E-state index in [-0.39, 0.29) is 51.0 Å². The van der Waals surface area contributed by atoms with E-state index in [1.54, 1.807) is 17.0 Å². The van der Waals surface area contributed by atoms with E-state index in [0.717, 1.165) is 17.1 Å². The molecule has 0 saturated carbocycles. The number of halogens is 3. The first-order valence-corrected chi connectivity index (χ1v) is 20.9. The van der Waals surface area contributed by atoms with E-state index in [1.165, 1.54) is 11.1 Å². The second kappa shape index (κ2) is 16.0. The van der Waals surface area contributed by atoms with Gasteiger partial charge in [-0.3, -0.25) is 9.59 Å². The summed E-state index contributed by atoms with van der Waals surface area (Å²) in [6.45, 7) is 8.48. The van der Waals surface area contributed by atoms with E-state index >= 15 is 0 Å². The molecule has 3 saturated heterocycles. The number of carbonyl (C=O) groups is 2. The van der Waals surface area contributed by atoms with Gasteiger partial charge < -0.3 is 34.2 Å². The summed E-state index contributed by atoms with van der Waals surface area (Å²) >= 11 is 0. The van der Waals surface area contributed by atoms with Crippen LogP contribution >= 0.6 is 0 Å². The lowest BCUT2D eigenvalue weighted by molar-refractivity contribution is -0.140. The lowest BCUT2D eigenvalue weighted by atomic mass is 9.94. The molecule has 3 atom stereocenters. The van der Waals surface area contributed by atoms with E-state index in [0.29, 0.717) is 61.7 Å². The standard InChI is InChI=1S/C33H45F3N8O6Si/c1-51(2,3)14-13-49-22-44-31(46)29(33(34,35)36)27(18-39-44)43-8-4-5-25(43)21-50-26-15-24(19-42(20-26)32(47)48)30(45)41-11-9-40(10-12-41)28-7-6-23(16-37)17-38-28/h6-7,17-18,24-26H,4-5,8-15,19-22H2,1-3H3,(H,47,48)/t24?,25-,26?/m0/s1. The molecule has 2 aromatic rings. The molecule has 0 aliphatic carbocycles. The summed E-state index contributed by atoms with van der Waals surface area (Å²) in [7, 11) is -1.44. The summed E-state index contributed by atoms with van der Waals surface area (Å²) in [5, 5.41) is 22.9. The van der Waals surface area contributed by atoms with Crippen molar-refractivity contribution in [2.24, 2.45) is 5.92 Å². The highest BCUT2D eigenvalue weighted by atomic mass is 28.3. The van der Waals surface area contributed by atoms with Crippen LogP contribution in [0.1, 0.15) is 30.4 Å². The van der Waals surface area contributed by atoms with Crippen LogP contribution in [0.25, 0.3) is 0 Å². The lowest BCUT2D eigenvalue weighted by Gasteiger charge is -2.41. The maximum atomic E-state index is 14.4. The van der Waals surface area contributed by atoms with Crippen molar-refractivity contribution in [3.63, 3.8) is 0 Å². The number of pyridine rings is 1. The molecule has 2 unspecified atom stereocenters. The third kappa shape index (κ3) is 9.57. The lowest BCUT2D eigenvalue weighted by Crippen LogP contribution is -2.55. The van der Waals surface area contributed by atoms with Gasteiger partial charge in [0.2, 0.25) is 5.91 Å². The highest BCUT2D eigenvalue weighted by Crippen LogP contribution is 2.37. The van der Waals surface area contributed by atoms with Gasteiger partial charge in [-0.25, -0.2) is 14.5 Å². The molecule has 2 aromatic heterocycles. The third-order valence-electron chi connectivity index (χ3n) is 9.55. The number of piperazine rings is 1. The van der Waals surface area contributed by atoms with E-state index < -0.39 is 49.5 Å². The molecule has 51 heavy (non-hydrogen) atoms. The van der Waals surface area contributed by atoms with Crippen molar-refractivity contribution in [2.45, 2.75) is 70.0 Å². The highest BCUT2D eigenvalue weighted by molar-refractivity contribution is 6.76. The molecule has 1 N–H and O–H groups in total. The first-order chi connectivity index (χ1) is 24.1. The fraction of sp³-hybridized carbons (Fsp3) is 0.636. The molecule has 3 fully saturated rings. The number of rotatable bonds is 11. The van der Waals surface area contributed by atoms with Crippen LogP contribution in [0.4, 0.5) is 29.5 Å². The number of aromatic nitrogens is 3. The minimum absolute atomic E-state index is 0.0136. The molecule has 3 aliphatic rings. The Labute approximate surface area is 295 Å². The Kier molecular flexibility index (Phi) is 11.9. The molecule has 3 aliphatic heterocycles. The smallest absolute Gasteiger partial charge is 0.423 e. The monoisotopic (exact) mass is 734 g/mol. The number of nitrogens with zero attached hydrogens (tertiary/aromatic N) is 8. The number of carboxylic acid groups (broad SMARTS) is 1. The summed E-state index contributed by atoms with van der Waals surface area (Å²) in [4.78, 5) is 49.5. The zero-order valence-corrected chi connectivity index (χ0v) is 30.1. The number of piperidine rings is 1. The van der Waals surface area contributed by atoms with Gasteiger partial charge in [0.05, 0.1) is 48.7 Å². The van der Waals surface area contributed by atoms with Crippen LogP contribution < -0.4 is 15.4 Å². The number of nitriles is 1. The van der Waals surface area contributed by atoms with Crippen LogP contribution in [0.15, 0.2) is 29.3 Å². The zero-order chi connectivity index (χ0) is 36.9. The van der Waals surface area contributed by atoms with Crippen molar-refractivity contribution < 1.29 is 37.3 Å². The van der Waals surface area contributed by atoms with E-state index in [1.807, 2.05) is 11.0 Å². The average Bonchev–Trinajstić information content (AvgIpc) is 3.57. The Morgan fingerprint density at radius 1 is 1.08 bits per heavy atom. The number of carbonyl (C=O) groups excluding carboxylic acids is 1. The molecule has 14 nitrogen and oxygen atoms in total. The third-order valence-corrected chi connectivity index (χ3v) is 11.3. The maximum absolute atomic E-state index is 14.4. The molecule has 2 amide bonds. The van der Waals surface area contributed by atoms with Gasteiger partial charge in [-0.2, -0.15) is 23.5 Å². The minimum atomic E-state index is -4.94. The quantitative estimate of drug-likeness (QED) is 0.266. The Balaban J connectivity index is 1.22. The number of amides is 2. The van der Waals surface area contributed by atoms with E-state index in [2.05, 4.69) is 29.7 Å². The van der Waals surface area contributed by atoms with Crippen molar-refractivity contribution in [3.8, 4) is 6.07 Å². The summed E-state index contributed by atoms with van der Waals surface area (Å²) in [5.74, 6) is -0.137. The molecular formula is C33H45F3N8O6Si. The predicted molar refractivity (Wildman–Crippen MR) is 183 cm³/mol. The fourth-order valence-corrected chi connectivity index (χ4v) is 7.48. The topological polar surface area (TPSA) is 157 Å². The number of likely N-dealkylation sites (tertiary alicyclic amines) is 1. The first kappa shape index (κ1) is 38.0. The average molecular weight is 735 g/mol. The zero-order valence-electron chi connectivity index (χ0n) is 29.1. The maximum Gasteiger partial charge on any atom is 0.423 e. The van der Waals surface area contributed by atoms with Gasteiger partial charge in [-0.1, -0.05) is 19.6 Å². The number of anilines is 2. The molecule has 278 valence electrons. The fourth-order valence-electron chi connectivity index (χ4n) is 6.72. The van der Waals surface area contributed by atoms with Gasteiger partial charge in [0.15, 0.2) is 0 Å². The Hall–Kier alpha value is -4.21. The minimum Gasteiger partial charge on any atom is -0.465 e. The van der Waals surface area contributed by atoms with Gasteiger partial charge in [-0.15, -0.1) is 0 Å². The largest absolute Gasteiger partial charge is 0.465 e. The van der Waals surface area contributed by atoms with Gasteiger partial charge in [0.1, 0.15) is 24.2 Å². The highest BCUT2D eigenvalue weighted by Gasteiger charge is 2.42. The van der Waals surface area contributed by atoms with E-state index in [9.17, 15) is 32.7 Å². The molecule has 0 spiro atoms. The molecule has 5 heterocycles. The van der Waals surface area contributed by atoms with Gasteiger partial charge in [0, 0.05) is 60.1 Å². The number of ether oxygens (including phenoxy) is 2. The van der Waals surface area contributed by atoms with Crippen molar-refractivity contribution in [2.75, 3.05) is 68.8 Å². The molecule has 0 aromatic carbocycles. The summed E-state index contributed by atoms with van der Waals surface area (Å²) in [6, 6.07) is 5.75. The van der Waals surface area contributed by atoms with Gasteiger partial charge in [0.25, 0.3) is 5.56 Å². The first-order valence-electron chi connectivity index (χ1n) is 17.2. The van der Waals surface area contributed by atoms with Crippen LogP contribution in [0.2, 0.25) is 25.7 Å². The van der Waals surface area contributed by atoms with Crippen LogP contribution in [-0.2, 0) is 27.2 Å². The van der Waals surface area contributed by atoms with Crippen LogP contribution in [0.3, 0.4) is 0 Å². The van der Waals surface area contributed by atoms with Crippen molar-refractivity contribution in [1.82, 2.24) is 24.6 Å². The molecule has 0 bridgehead atoms. The van der Waals surface area contributed by atoms with E-state index in [4.69, 9.17) is 14.7 Å². The SMILES string of the molecule is C[Si](C)(C)CCOCn1ncc(N2CCC[C@H]2COC2CC(C(=O)N3CCN(c4ccc(C#N)cn4)CC3)CN(C(=O)O)C2)c(C(F)(F)F)c1=O. The van der Waals surface area contributed by atoms with Gasteiger partial charge in [-0.05, 0) is 37.4 Å². The summed E-state index contributed by atoms with van der Waals surface area (Å²) < 4.78 is 55.5. The number of hydrogen-bond donors (Lipinski definition) is 1. The van der Waals surface area contributed by atoms with Crippen molar-refractivity contribution in [1.29, 1.82) is 5.26 Å². The van der Waals surface area contributed by atoms with Crippen molar-refractivity contribution >= 4 is 31.6 Å². The van der Waals surface area contributed by atoms with Crippen molar-refractivity contribution in [3.05, 3.63) is 46.0 Å². The second-order valence-corrected chi connectivity index (χ2v) is 20.1. The molecule has 0 radical (unpaired) electrons. The van der Waals surface area contributed by atoms with Crippen LogP contribution in [-0.4, -0.2) is 121 Å². The molecule has 5 rings (SSSR count). The molecular weight excluding hydrogens is 689 g/mol. The predicted octanol–water partition coefficient (Wildman–Crippen LogP) is 3.54. The second-order valence-electron chi connectivity index (χ2n) is 14.4. The number of hydrogen-bond acceptors (Lipinski definition) is 10. The Morgan fingerprint density at radius 2 is 1.82 bits per heavy atom. The van der Waals surface area contributed by atoms with Crippen LogP contribution in [0, 0.1) is 17.2 Å². The Morgan fingerprint density at radius 3 is 2.45 bits per heavy atom. The number of alkyl halides is 3. The summed E-state index contributed by atoms with van der Waals surface area (Å²) in [5.41, 5.74) is -2.46. The normalized spacial score (nSPS) is 21.5. The Bertz CT molecular complexity index is 1640. The molecule has 18 heteroatoms. The van der Waals surface area contributed by atoms with Crippen LogP contribution in [0.5, 0.6) is 0 Å². The van der Waals surface area contributed by atoms with Gasteiger partial charge >= 0.3 is 12.3 Å². The summed E-state index contributed by atoms with van der Waals surface area (Å²) in [6.07, 6.45) is -2.91.